The topological polar surface area (TPSA) is 42.0 Å². The van der Waals surface area contributed by atoms with Gasteiger partial charge >= 0.3 is 0 Å². The summed E-state index contributed by atoms with van der Waals surface area (Å²) in [5.41, 5.74) is 4.85. The van der Waals surface area contributed by atoms with Crippen molar-refractivity contribution in [1.82, 2.24) is 10.3 Å². The van der Waals surface area contributed by atoms with Gasteiger partial charge in [-0.3, -0.25) is 9.78 Å². The fraction of sp³-hybridized carbons (Fsp3) is 0.154. The van der Waals surface area contributed by atoms with Gasteiger partial charge in [-0.1, -0.05) is 54.6 Å². The minimum absolute atomic E-state index is 0.0560. The molecule has 0 aliphatic heterocycles. The highest BCUT2D eigenvalue weighted by atomic mass is 19.1. The Kier molecular flexibility index (Phi) is 6.14. The van der Waals surface area contributed by atoms with Crippen LogP contribution in [0.5, 0.6) is 0 Å². The van der Waals surface area contributed by atoms with Gasteiger partial charge in [0.15, 0.2) is 0 Å². The highest BCUT2D eigenvalue weighted by Gasteiger charge is 2.06. The van der Waals surface area contributed by atoms with Crippen LogP contribution >= 0.6 is 0 Å². The lowest BCUT2D eigenvalue weighted by Gasteiger charge is -2.07. The Labute approximate surface area is 175 Å². The number of hydrogen-bond acceptors (Lipinski definition) is 2. The highest BCUT2D eigenvalue weighted by molar-refractivity contribution is 5.84. The van der Waals surface area contributed by atoms with Crippen molar-refractivity contribution >= 4 is 16.8 Å². The predicted molar refractivity (Wildman–Crippen MR) is 119 cm³/mol. The van der Waals surface area contributed by atoms with E-state index in [2.05, 4.69) is 22.4 Å². The van der Waals surface area contributed by atoms with Gasteiger partial charge in [0.1, 0.15) is 5.82 Å². The van der Waals surface area contributed by atoms with Gasteiger partial charge in [-0.05, 0) is 53.8 Å². The summed E-state index contributed by atoms with van der Waals surface area (Å²) >= 11 is 0. The number of carbonyl (C=O) groups excluding carboxylic acids is 1. The van der Waals surface area contributed by atoms with Crippen LogP contribution in [0.15, 0.2) is 85.1 Å². The van der Waals surface area contributed by atoms with Crippen molar-refractivity contribution < 1.29 is 9.18 Å². The first-order chi connectivity index (χ1) is 14.7. The smallest absolute Gasteiger partial charge is 0.220 e. The summed E-state index contributed by atoms with van der Waals surface area (Å²) in [5.74, 6) is -0.203. The van der Waals surface area contributed by atoms with Crippen molar-refractivity contribution in [1.29, 1.82) is 0 Å². The van der Waals surface area contributed by atoms with Crippen LogP contribution in [0.1, 0.15) is 17.5 Å². The first-order valence-electron chi connectivity index (χ1n) is 10.1. The zero-order valence-electron chi connectivity index (χ0n) is 16.6. The Morgan fingerprint density at radius 2 is 1.70 bits per heavy atom. The third kappa shape index (κ3) is 5.09. The fourth-order valence-corrected chi connectivity index (χ4v) is 3.49. The Hall–Kier alpha value is -3.53. The van der Waals surface area contributed by atoms with Crippen molar-refractivity contribution in [3.05, 3.63) is 102 Å². The number of rotatable bonds is 7. The van der Waals surface area contributed by atoms with Gasteiger partial charge in [-0.15, -0.1) is 0 Å². The molecule has 0 aliphatic rings. The number of benzene rings is 3. The maximum atomic E-state index is 13.5. The third-order valence-electron chi connectivity index (χ3n) is 5.13. The van der Waals surface area contributed by atoms with E-state index in [-0.39, 0.29) is 11.7 Å². The van der Waals surface area contributed by atoms with Gasteiger partial charge in [-0.25, -0.2) is 4.39 Å². The van der Waals surface area contributed by atoms with Crippen molar-refractivity contribution in [2.45, 2.75) is 19.3 Å². The molecule has 1 N–H and O–H groups in total. The Morgan fingerprint density at radius 1 is 0.833 bits per heavy atom. The molecule has 1 heterocycles. The van der Waals surface area contributed by atoms with Crippen LogP contribution < -0.4 is 5.32 Å². The van der Waals surface area contributed by atoms with Crippen molar-refractivity contribution in [2.75, 3.05) is 6.54 Å². The van der Waals surface area contributed by atoms with E-state index in [0.29, 0.717) is 19.4 Å². The minimum Gasteiger partial charge on any atom is -0.356 e. The Balaban J connectivity index is 1.34. The number of carbonyl (C=O) groups is 1. The van der Waals surface area contributed by atoms with Crippen LogP contribution in [0.2, 0.25) is 0 Å². The average molecular weight is 398 g/mol. The van der Waals surface area contributed by atoms with Crippen LogP contribution in [0, 0.1) is 5.82 Å². The van der Waals surface area contributed by atoms with Gasteiger partial charge < -0.3 is 5.32 Å². The van der Waals surface area contributed by atoms with Crippen LogP contribution in [0.25, 0.3) is 22.0 Å². The van der Waals surface area contributed by atoms with Crippen molar-refractivity contribution in [3.63, 3.8) is 0 Å². The normalized spacial score (nSPS) is 10.8. The maximum Gasteiger partial charge on any atom is 0.220 e. The number of pyridine rings is 1. The quantitative estimate of drug-likeness (QED) is 0.457. The molecule has 0 aliphatic carbocycles. The van der Waals surface area contributed by atoms with E-state index < -0.39 is 0 Å². The number of aromatic nitrogens is 1. The summed E-state index contributed by atoms with van der Waals surface area (Å²) in [4.78, 5) is 16.7. The molecule has 1 amide bonds. The van der Waals surface area contributed by atoms with Gasteiger partial charge in [0, 0.05) is 30.1 Å². The molecule has 0 radical (unpaired) electrons. The SMILES string of the molecule is O=C(CCc1ccc2cc(-c3cccc(F)c3)cnc2c1)NCCc1ccccc1. The average Bonchev–Trinajstić information content (AvgIpc) is 2.78. The molecule has 0 saturated carbocycles. The number of nitrogens with one attached hydrogen (secondary N) is 1. The molecule has 0 saturated heterocycles. The van der Waals surface area contributed by atoms with E-state index in [4.69, 9.17) is 0 Å². The van der Waals surface area contributed by atoms with Crippen LogP contribution in [0.4, 0.5) is 4.39 Å². The molecule has 1 aromatic heterocycles. The molecule has 4 aromatic rings. The lowest BCUT2D eigenvalue weighted by molar-refractivity contribution is -0.121. The zero-order chi connectivity index (χ0) is 20.8. The summed E-state index contributed by atoms with van der Waals surface area (Å²) in [5, 5.41) is 3.98. The summed E-state index contributed by atoms with van der Waals surface area (Å²) in [6.07, 6.45) is 3.71. The molecule has 0 atom stereocenters. The van der Waals surface area contributed by atoms with Gasteiger partial charge in [0.2, 0.25) is 5.91 Å². The molecule has 0 spiro atoms. The second-order valence-electron chi connectivity index (χ2n) is 7.35. The predicted octanol–water partition coefficient (Wildman–Crippen LogP) is 5.33. The zero-order valence-corrected chi connectivity index (χ0v) is 16.6. The Morgan fingerprint density at radius 3 is 2.53 bits per heavy atom. The van der Waals surface area contributed by atoms with Crippen LogP contribution in [-0.2, 0) is 17.6 Å². The number of fused-ring (bicyclic) bond motifs is 1. The van der Waals surface area contributed by atoms with E-state index in [1.165, 1.54) is 17.7 Å². The van der Waals surface area contributed by atoms with Crippen molar-refractivity contribution in [2.24, 2.45) is 0 Å². The Bertz CT molecular complexity index is 1160. The molecule has 30 heavy (non-hydrogen) atoms. The first kappa shape index (κ1) is 19.8. The second-order valence-corrected chi connectivity index (χ2v) is 7.35. The molecule has 3 nitrogen and oxygen atoms in total. The van der Waals surface area contributed by atoms with Crippen LogP contribution in [-0.4, -0.2) is 17.4 Å². The molecule has 0 fully saturated rings. The monoisotopic (exact) mass is 398 g/mol. The molecular weight excluding hydrogens is 375 g/mol. The number of nitrogens with zero attached hydrogens (tertiary/aromatic N) is 1. The van der Waals surface area contributed by atoms with Crippen LogP contribution in [0.3, 0.4) is 0 Å². The molecule has 0 unspecified atom stereocenters. The summed E-state index contributed by atoms with van der Waals surface area (Å²) in [6, 6.07) is 24.7. The second kappa shape index (κ2) is 9.31. The summed E-state index contributed by atoms with van der Waals surface area (Å²) < 4.78 is 13.5. The molecule has 4 heteroatoms. The van der Waals surface area contributed by atoms with E-state index in [0.717, 1.165) is 34.0 Å². The fourth-order valence-electron chi connectivity index (χ4n) is 3.49. The van der Waals surface area contributed by atoms with Crippen molar-refractivity contribution in [3.8, 4) is 11.1 Å². The summed E-state index contributed by atoms with van der Waals surface area (Å²) in [7, 11) is 0. The number of halogens is 1. The number of amides is 1. The number of hydrogen-bond donors (Lipinski definition) is 1. The molecule has 150 valence electrons. The number of aryl methyl sites for hydroxylation is 1. The molecular formula is C26H23FN2O. The van der Waals surface area contributed by atoms with E-state index in [1.54, 1.807) is 12.3 Å². The standard InChI is InChI=1S/C26H23FN2O/c27-24-8-4-7-21(17-24)23-16-22-11-9-20(15-25(22)29-18-23)10-12-26(30)28-14-13-19-5-2-1-3-6-19/h1-9,11,15-18H,10,12-14H2,(H,28,30). The maximum absolute atomic E-state index is 13.5. The van der Waals surface area contributed by atoms with Gasteiger partial charge in [0.05, 0.1) is 5.52 Å². The molecule has 4 rings (SSSR count). The lowest BCUT2D eigenvalue weighted by atomic mass is 10.0. The minimum atomic E-state index is -0.259. The van der Waals surface area contributed by atoms with Gasteiger partial charge in [0.25, 0.3) is 0 Å². The highest BCUT2D eigenvalue weighted by Crippen LogP contribution is 2.24. The van der Waals surface area contributed by atoms with E-state index in [9.17, 15) is 9.18 Å². The van der Waals surface area contributed by atoms with E-state index in [1.807, 2.05) is 48.5 Å². The summed E-state index contributed by atoms with van der Waals surface area (Å²) in [6.45, 7) is 0.644. The van der Waals surface area contributed by atoms with E-state index >= 15 is 0 Å². The largest absolute Gasteiger partial charge is 0.356 e. The molecule has 3 aromatic carbocycles. The molecule has 0 bridgehead atoms. The lowest BCUT2D eigenvalue weighted by Crippen LogP contribution is -2.25. The third-order valence-corrected chi connectivity index (χ3v) is 5.13. The van der Waals surface area contributed by atoms with Gasteiger partial charge in [-0.2, -0.15) is 0 Å². The first-order valence-corrected chi connectivity index (χ1v) is 10.1.